The predicted molar refractivity (Wildman–Crippen MR) is 68.8 cm³/mol. The Labute approximate surface area is 102 Å². The summed E-state index contributed by atoms with van der Waals surface area (Å²) in [7, 11) is 0. The summed E-state index contributed by atoms with van der Waals surface area (Å²) < 4.78 is 1.13. The van der Waals surface area contributed by atoms with Gasteiger partial charge in [-0.05, 0) is 30.2 Å². The number of halogens is 2. The zero-order chi connectivity index (χ0) is 10.4. The molecule has 0 radical (unpaired) electrons. The lowest BCUT2D eigenvalue weighted by Crippen LogP contribution is -1.87. The first-order valence-corrected chi connectivity index (χ1v) is 6.52. The summed E-state index contributed by atoms with van der Waals surface area (Å²) in [6.07, 6.45) is 1.93. The Morgan fingerprint density at radius 3 is 2.79 bits per heavy atom. The predicted octanol–water partition coefficient (Wildman–Crippen LogP) is 4.15. The molecule has 2 heteroatoms. The van der Waals surface area contributed by atoms with Gasteiger partial charge >= 0.3 is 0 Å². The fourth-order valence-electron chi connectivity index (χ4n) is 1.18. The lowest BCUT2D eigenvalue weighted by molar-refractivity contribution is 1.13. The molecule has 0 aliphatic rings. The lowest BCUT2D eigenvalue weighted by Gasteiger charge is -2.01. The molecule has 0 unspecified atom stereocenters. The minimum absolute atomic E-state index is 0.902. The molecule has 0 atom stereocenters. The van der Waals surface area contributed by atoms with Crippen molar-refractivity contribution in [3.63, 3.8) is 0 Å². The zero-order valence-corrected chi connectivity index (χ0v) is 11.3. The lowest BCUT2D eigenvalue weighted by atomic mass is 10.1. The van der Waals surface area contributed by atoms with Gasteiger partial charge in [0.2, 0.25) is 0 Å². The fourth-order valence-corrected chi connectivity index (χ4v) is 1.79. The van der Waals surface area contributed by atoms with Crippen LogP contribution in [0.15, 0.2) is 22.7 Å². The molecule has 74 valence electrons. The summed E-state index contributed by atoms with van der Waals surface area (Å²) >= 11 is 6.82. The summed E-state index contributed by atoms with van der Waals surface area (Å²) in [6.45, 7) is 2.15. The van der Waals surface area contributed by atoms with E-state index in [-0.39, 0.29) is 0 Å². The topological polar surface area (TPSA) is 0 Å². The Morgan fingerprint density at radius 1 is 1.36 bits per heavy atom. The van der Waals surface area contributed by atoms with Crippen molar-refractivity contribution < 1.29 is 0 Å². The van der Waals surface area contributed by atoms with Crippen LogP contribution in [0.25, 0.3) is 0 Å². The van der Waals surface area contributed by atoms with Gasteiger partial charge in [-0.1, -0.05) is 50.6 Å². The standard InChI is InChI=1S/C12H12Br2/c1-2-10-9-12(14)7-6-11(10)5-3-4-8-13/h6-7,9H,2,4,8H2,1H3. The van der Waals surface area contributed by atoms with Gasteiger partial charge in [-0.15, -0.1) is 0 Å². The zero-order valence-electron chi connectivity index (χ0n) is 8.11. The Balaban J connectivity index is 2.92. The maximum atomic E-state index is 3.46. The smallest absolute Gasteiger partial charge is 0.0277 e. The van der Waals surface area contributed by atoms with Crippen LogP contribution in [-0.2, 0) is 6.42 Å². The van der Waals surface area contributed by atoms with Crippen molar-refractivity contribution in [2.75, 3.05) is 5.33 Å². The van der Waals surface area contributed by atoms with Crippen molar-refractivity contribution in [3.05, 3.63) is 33.8 Å². The van der Waals surface area contributed by atoms with Crippen molar-refractivity contribution in [3.8, 4) is 11.8 Å². The third kappa shape index (κ3) is 3.48. The molecule has 0 aliphatic heterocycles. The molecule has 0 saturated heterocycles. The maximum absolute atomic E-state index is 3.46. The Kier molecular flexibility index (Phi) is 5.29. The molecule has 0 bridgehead atoms. The number of hydrogen-bond acceptors (Lipinski definition) is 0. The summed E-state index contributed by atoms with van der Waals surface area (Å²) in [5.74, 6) is 6.32. The van der Waals surface area contributed by atoms with Gasteiger partial charge in [-0.25, -0.2) is 0 Å². The normalized spacial score (nSPS) is 9.36. The summed E-state index contributed by atoms with van der Waals surface area (Å²) in [6, 6.07) is 6.25. The van der Waals surface area contributed by atoms with E-state index in [9.17, 15) is 0 Å². The van der Waals surface area contributed by atoms with Gasteiger partial charge in [0, 0.05) is 21.8 Å². The second-order valence-corrected chi connectivity index (χ2v) is 4.60. The van der Waals surface area contributed by atoms with E-state index in [2.05, 4.69) is 62.8 Å². The van der Waals surface area contributed by atoms with Crippen LogP contribution in [-0.4, -0.2) is 5.33 Å². The van der Waals surface area contributed by atoms with E-state index in [1.165, 1.54) is 5.56 Å². The van der Waals surface area contributed by atoms with Gasteiger partial charge in [0.1, 0.15) is 0 Å². The number of rotatable bonds is 2. The highest BCUT2D eigenvalue weighted by Gasteiger charge is 1.97. The van der Waals surface area contributed by atoms with Crippen LogP contribution in [0.5, 0.6) is 0 Å². The largest absolute Gasteiger partial charge is 0.0970 e. The molecule has 14 heavy (non-hydrogen) atoms. The molecule has 0 amide bonds. The summed E-state index contributed by atoms with van der Waals surface area (Å²) in [5.41, 5.74) is 2.46. The first-order chi connectivity index (χ1) is 6.77. The van der Waals surface area contributed by atoms with Gasteiger partial charge in [-0.2, -0.15) is 0 Å². The van der Waals surface area contributed by atoms with Crippen molar-refractivity contribution >= 4 is 31.9 Å². The third-order valence-corrected chi connectivity index (χ3v) is 2.78. The number of alkyl halides is 1. The van der Waals surface area contributed by atoms with Gasteiger partial charge in [0.15, 0.2) is 0 Å². The van der Waals surface area contributed by atoms with E-state index in [0.717, 1.165) is 28.2 Å². The number of benzene rings is 1. The molecule has 1 rings (SSSR count). The molecule has 0 spiro atoms. The Bertz CT molecular complexity index is 358. The maximum Gasteiger partial charge on any atom is 0.0277 e. The minimum atomic E-state index is 0.902. The summed E-state index contributed by atoms with van der Waals surface area (Å²) in [5, 5.41) is 0.942. The molecule has 0 nitrogen and oxygen atoms in total. The van der Waals surface area contributed by atoms with Gasteiger partial charge in [0.05, 0.1) is 0 Å². The fraction of sp³-hybridized carbons (Fsp3) is 0.333. The van der Waals surface area contributed by atoms with Crippen LogP contribution in [0.3, 0.4) is 0 Å². The van der Waals surface area contributed by atoms with Gasteiger partial charge in [-0.3, -0.25) is 0 Å². The van der Waals surface area contributed by atoms with Crippen LogP contribution < -0.4 is 0 Å². The van der Waals surface area contributed by atoms with E-state index in [1.54, 1.807) is 0 Å². The van der Waals surface area contributed by atoms with Gasteiger partial charge in [0.25, 0.3) is 0 Å². The second kappa shape index (κ2) is 6.27. The van der Waals surface area contributed by atoms with E-state index >= 15 is 0 Å². The van der Waals surface area contributed by atoms with Crippen molar-refractivity contribution in [1.29, 1.82) is 0 Å². The molecular formula is C12H12Br2. The van der Waals surface area contributed by atoms with E-state index < -0.39 is 0 Å². The molecule has 0 saturated carbocycles. The second-order valence-electron chi connectivity index (χ2n) is 2.90. The first kappa shape index (κ1) is 11.8. The molecule has 0 aliphatic carbocycles. The monoisotopic (exact) mass is 314 g/mol. The van der Waals surface area contributed by atoms with E-state index in [4.69, 9.17) is 0 Å². The van der Waals surface area contributed by atoms with E-state index in [1.807, 2.05) is 6.07 Å². The van der Waals surface area contributed by atoms with Crippen molar-refractivity contribution in [2.24, 2.45) is 0 Å². The Morgan fingerprint density at radius 2 is 2.14 bits per heavy atom. The third-order valence-electron chi connectivity index (χ3n) is 1.89. The van der Waals surface area contributed by atoms with Crippen LogP contribution in [0.2, 0.25) is 0 Å². The quantitative estimate of drug-likeness (QED) is 0.568. The average molecular weight is 316 g/mol. The number of aryl methyl sites for hydroxylation is 1. The van der Waals surface area contributed by atoms with Crippen LogP contribution in [0, 0.1) is 11.8 Å². The van der Waals surface area contributed by atoms with Crippen LogP contribution in [0.1, 0.15) is 24.5 Å². The highest BCUT2D eigenvalue weighted by atomic mass is 79.9. The molecule has 0 aromatic heterocycles. The van der Waals surface area contributed by atoms with Crippen LogP contribution >= 0.6 is 31.9 Å². The average Bonchev–Trinajstić information content (AvgIpc) is 2.20. The SMILES string of the molecule is CCc1cc(Br)ccc1C#CCCBr. The minimum Gasteiger partial charge on any atom is -0.0970 e. The molecule has 0 N–H and O–H groups in total. The molecule has 0 heterocycles. The highest BCUT2D eigenvalue weighted by molar-refractivity contribution is 9.10. The molecule has 1 aromatic rings. The van der Waals surface area contributed by atoms with Crippen LogP contribution in [0.4, 0.5) is 0 Å². The first-order valence-electron chi connectivity index (χ1n) is 4.61. The van der Waals surface area contributed by atoms with Crippen molar-refractivity contribution in [2.45, 2.75) is 19.8 Å². The summed E-state index contributed by atoms with van der Waals surface area (Å²) in [4.78, 5) is 0. The number of hydrogen-bond donors (Lipinski definition) is 0. The molecule has 0 fully saturated rings. The molecule has 1 aromatic carbocycles. The highest BCUT2D eigenvalue weighted by Crippen LogP contribution is 2.16. The Hall–Kier alpha value is -0.260. The molecular weight excluding hydrogens is 304 g/mol. The van der Waals surface area contributed by atoms with Gasteiger partial charge < -0.3 is 0 Å². The van der Waals surface area contributed by atoms with Crippen molar-refractivity contribution in [1.82, 2.24) is 0 Å². The van der Waals surface area contributed by atoms with E-state index in [0.29, 0.717) is 0 Å².